The Hall–Kier alpha value is -1.95. The Labute approximate surface area is 141 Å². The second-order valence-corrected chi connectivity index (χ2v) is 6.74. The van der Waals surface area contributed by atoms with Crippen molar-refractivity contribution in [1.29, 1.82) is 0 Å². The first-order chi connectivity index (χ1) is 11.6. The van der Waals surface area contributed by atoms with Crippen LogP contribution < -0.4 is 16.0 Å². The van der Waals surface area contributed by atoms with Gasteiger partial charge in [0.05, 0.1) is 0 Å². The maximum atomic E-state index is 12.8. The zero-order chi connectivity index (χ0) is 16.9. The monoisotopic (exact) mass is 333 g/mol. The van der Waals surface area contributed by atoms with E-state index in [0.29, 0.717) is 37.0 Å². The van der Waals surface area contributed by atoms with Crippen molar-refractivity contribution in [2.24, 2.45) is 0 Å². The summed E-state index contributed by atoms with van der Waals surface area (Å²) in [5.41, 5.74) is 0.422. The van der Waals surface area contributed by atoms with Crippen molar-refractivity contribution in [2.45, 2.75) is 56.7 Å². The van der Waals surface area contributed by atoms with Crippen molar-refractivity contribution in [1.82, 2.24) is 16.0 Å². The van der Waals surface area contributed by atoms with Gasteiger partial charge in [0.1, 0.15) is 5.82 Å². The molecule has 0 aromatic heterocycles. The molecule has 2 atom stereocenters. The highest BCUT2D eigenvalue weighted by molar-refractivity contribution is 5.94. The molecule has 1 aromatic rings. The Kier molecular flexibility index (Phi) is 5.45. The van der Waals surface area contributed by atoms with E-state index in [9.17, 15) is 14.0 Å². The van der Waals surface area contributed by atoms with Crippen LogP contribution in [-0.2, 0) is 4.79 Å². The van der Waals surface area contributed by atoms with Gasteiger partial charge in [-0.15, -0.1) is 0 Å². The summed E-state index contributed by atoms with van der Waals surface area (Å²) < 4.78 is 12.8. The molecule has 2 aliphatic rings. The molecule has 1 aromatic carbocycles. The van der Waals surface area contributed by atoms with E-state index < -0.39 is 0 Å². The van der Waals surface area contributed by atoms with Gasteiger partial charge < -0.3 is 16.0 Å². The molecule has 2 unspecified atom stereocenters. The highest BCUT2D eigenvalue weighted by Gasteiger charge is 2.33. The number of benzene rings is 1. The molecule has 24 heavy (non-hydrogen) atoms. The molecule has 2 bridgehead atoms. The zero-order valence-electron chi connectivity index (χ0n) is 13.7. The number of fused-ring (bicyclic) bond motifs is 2. The molecule has 2 aliphatic heterocycles. The van der Waals surface area contributed by atoms with Crippen molar-refractivity contribution >= 4 is 11.8 Å². The minimum absolute atomic E-state index is 0.0531. The van der Waals surface area contributed by atoms with E-state index in [1.54, 1.807) is 0 Å². The number of amides is 2. The van der Waals surface area contributed by atoms with Crippen LogP contribution in [0.15, 0.2) is 24.3 Å². The third-order valence-corrected chi connectivity index (χ3v) is 4.81. The van der Waals surface area contributed by atoms with Crippen molar-refractivity contribution in [2.75, 3.05) is 6.54 Å². The van der Waals surface area contributed by atoms with E-state index >= 15 is 0 Å². The number of rotatable bonds is 6. The zero-order valence-corrected chi connectivity index (χ0v) is 13.7. The van der Waals surface area contributed by atoms with Gasteiger partial charge >= 0.3 is 0 Å². The van der Waals surface area contributed by atoms with Crippen LogP contribution in [0.2, 0.25) is 0 Å². The standard InChI is InChI=1S/C18H24FN3O2/c19-13-5-3-12(4-6-13)18(24)20-9-1-2-17(23)22-16-10-14-7-8-15(11-16)21-14/h3-6,14-16,21H,1-2,7-11H2,(H,20,24)(H,22,23). The van der Waals surface area contributed by atoms with Gasteiger partial charge in [-0.05, 0) is 56.4 Å². The van der Waals surface area contributed by atoms with Crippen LogP contribution in [0.25, 0.3) is 0 Å². The summed E-state index contributed by atoms with van der Waals surface area (Å²) in [6, 6.07) is 6.81. The quantitative estimate of drug-likeness (QED) is 0.695. The first-order valence-electron chi connectivity index (χ1n) is 8.69. The normalized spacial score (nSPS) is 25.3. The predicted octanol–water partition coefficient (Wildman–Crippen LogP) is 1.73. The third-order valence-electron chi connectivity index (χ3n) is 4.81. The minimum Gasteiger partial charge on any atom is -0.353 e. The van der Waals surface area contributed by atoms with E-state index in [2.05, 4.69) is 16.0 Å². The fourth-order valence-electron chi connectivity index (χ4n) is 3.63. The smallest absolute Gasteiger partial charge is 0.251 e. The highest BCUT2D eigenvalue weighted by Crippen LogP contribution is 2.26. The summed E-state index contributed by atoms with van der Waals surface area (Å²) in [5.74, 6) is -0.558. The molecule has 5 nitrogen and oxygen atoms in total. The molecule has 3 rings (SSSR count). The van der Waals surface area contributed by atoms with Gasteiger partial charge in [0.25, 0.3) is 5.91 Å². The van der Waals surface area contributed by atoms with Crippen LogP contribution in [-0.4, -0.2) is 36.5 Å². The summed E-state index contributed by atoms with van der Waals surface area (Å²) in [5, 5.41) is 9.42. The highest BCUT2D eigenvalue weighted by atomic mass is 19.1. The van der Waals surface area contributed by atoms with Gasteiger partial charge in [0.15, 0.2) is 0 Å². The fraction of sp³-hybridized carbons (Fsp3) is 0.556. The summed E-state index contributed by atoms with van der Waals surface area (Å²) in [6.45, 7) is 0.432. The molecule has 0 aliphatic carbocycles. The topological polar surface area (TPSA) is 70.2 Å². The average Bonchev–Trinajstić information content (AvgIpc) is 2.90. The lowest BCUT2D eigenvalue weighted by atomic mass is 9.99. The average molecular weight is 333 g/mol. The summed E-state index contributed by atoms with van der Waals surface area (Å²) in [4.78, 5) is 23.9. The number of hydrogen-bond acceptors (Lipinski definition) is 3. The summed E-state index contributed by atoms with van der Waals surface area (Å²) >= 11 is 0. The van der Waals surface area contributed by atoms with Gasteiger partial charge in [-0.25, -0.2) is 4.39 Å². The number of carbonyl (C=O) groups is 2. The van der Waals surface area contributed by atoms with E-state index in [0.717, 1.165) is 12.8 Å². The Bertz CT molecular complexity index is 578. The summed E-state index contributed by atoms with van der Waals surface area (Å²) in [7, 11) is 0. The van der Waals surface area contributed by atoms with Crippen LogP contribution in [0, 0.1) is 5.82 Å². The van der Waals surface area contributed by atoms with Crippen molar-refractivity contribution in [3.05, 3.63) is 35.6 Å². The second kappa shape index (κ2) is 7.75. The number of piperidine rings is 1. The van der Waals surface area contributed by atoms with Gasteiger partial charge in [-0.2, -0.15) is 0 Å². The van der Waals surface area contributed by atoms with Crippen molar-refractivity contribution in [3.63, 3.8) is 0 Å². The Morgan fingerprint density at radius 2 is 1.79 bits per heavy atom. The Morgan fingerprint density at radius 3 is 2.46 bits per heavy atom. The van der Waals surface area contributed by atoms with Crippen LogP contribution in [0.5, 0.6) is 0 Å². The summed E-state index contributed by atoms with van der Waals surface area (Å²) in [6.07, 6.45) is 5.46. The molecule has 0 spiro atoms. The Balaban J connectivity index is 1.32. The maximum Gasteiger partial charge on any atom is 0.251 e. The molecule has 130 valence electrons. The van der Waals surface area contributed by atoms with Crippen LogP contribution >= 0.6 is 0 Å². The number of nitrogens with one attached hydrogen (secondary N) is 3. The van der Waals surface area contributed by atoms with Gasteiger partial charge in [0.2, 0.25) is 5.91 Å². The van der Waals surface area contributed by atoms with Gasteiger partial charge in [-0.1, -0.05) is 0 Å². The Morgan fingerprint density at radius 1 is 1.12 bits per heavy atom. The second-order valence-electron chi connectivity index (χ2n) is 6.74. The molecular weight excluding hydrogens is 309 g/mol. The maximum absolute atomic E-state index is 12.8. The number of carbonyl (C=O) groups excluding carboxylic acids is 2. The number of halogens is 1. The van der Waals surface area contributed by atoms with E-state index in [4.69, 9.17) is 0 Å². The molecular formula is C18H24FN3O2. The fourth-order valence-corrected chi connectivity index (χ4v) is 3.63. The molecule has 6 heteroatoms. The van der Waals surface area contributed by atoms with Gasteiger partial charge in [0, 0.05) is 36.7 Å². The molecule has 3 N–H and O–H groups in total. The van der Waals surface area contributed by atoms with E-state index in [-0.39, 0.29) is 23.7 Å². The lowest BCUT2D eigenvalue weighted by Crippen LogP contribution is -2.48. The molecule has 0 saturated carbocycles. The molecule has 2 saturated heterocycles. The number of hydrogen-bond donors (Lipinski definition) is 3. The van der Waals surface area contributed by atoms with E-state index in [1.807, 2.05) is 0 Å². The van der Waals surface area contributed by atoms with Crippen molar-refractivity contribution < 1.29 is 14.0 Å². The molecule has 2 heterocycles. The van der Waals surface area contributed by atoms with Crippen LogP contribution in [0.1, 0.15) is 48.9 Å². The first-order valence-corrected chi connectivity index (χ1v) is 8.69. The van der Waals surface area contributed by atoms with Gasteiger partial charge in [-0.3, -0.25) is 9.59 Å². The molecule has 0 radical (unpaired) electrons. The van der Waals surface area contributed by atoms with Crippen LogP contribution in [0.4, 0.5) is 4.39 Å². The SMILES string of the molecule is O=C(CCCNC(=O)c1ccc(F)cc1)NC1CC2CCC(C1)N2. The predicted molar refractivity (Wildman–Crippen MR) is 89.1 cm³/mol. The minimum atomic E-state index is -0.366. The lowest BCUT2D eigenvalue weighted by Gasteiger charge is -2.29. The lowest BCUT2D eigenvalue weighted by molar-refractivity contribution is -0.122. The largest absolute Gasteiger partial charge is 0.353 e. The van der Waals surface area contributed by atoms with E-state index in [1.165, 1.54) is 37.1 Å². The van der Waals surface area contributed by atoms with Crippen molar-refractivity contribution in [3.8, 4) is 0 Å². The van der Waals surface area contributed by atoms with Crippen LogP contribution in [0.3, 0.4) is 0 Å². The molecule has 2 fully saturated rings. The first kappa shape index (κ1) is 16.9. The third kappa shape index (κ3) is 4.54. The molecule has 2 amide bonds.